The molecule has 0 aliphatic heterocycles. The molecule has 0 unspecified atom stereocenters. The molecule has 0 aromatic heterocycles. The Morgan fingerprint density at radius 3 is 2.58 bits per heavy atom. The van der Waals surface area contributed by atoms with Crippen LogP contribution in [0.2, 0.25) is 0 Å². The van der Waals surface area contributed by atoms with Gasteiger partial charge in [-0.05, 0) is 6.92 Å². The molecule has 0 aliphatic carbocycles. The second kappa shape index (κ2) is 8.41. The van der Waals surface area contributed by atoms with Gasteiger partial charge in [-0.3, -0.25) is 9.69 Å². The molecule has 4 nitrogen and oxygen atoms in total. The van der Waals surface area contributed by atoms with Gasteiger partial charge in [-0.2, -0.15) is 5.26 Å². The van der Waals surface area contributed by atoms with Crippen LogP contribution in [0.25, 0.3) is 0 Å². The standard InChI is InChI=1S/C15H20N2O2/c1-13-4-6-14(7-5-13)15(18)12-17(9-3-8-16)10-11-19-2/h4-7H,3,9-12H2,1-2H3. The minimum atomic E-state index is 0.0778. The number of hydrogen-bond acceptors (Lipinski definition) is 4. The molecule has 0 bridgehead atoms. The van der Waals surface area contributed by atoms with Crippen molar-refractivity contribution in [3.63, 3.8) is 0 Å². The van der Waals surface area contributed by atoms with E-state index in [1.54, 1.807) is 7.11 Å². The number of carbonyl (C=O) groups excluding carboxylic acids is 1. The summed E-state index contributed by atoms with van der Waals surface area (Å²) in [5, 5.41) is 8.63. The van der Waals surface area contributed by atoms with Gasteiger partial charge < -0.3 is 4.74 Å². The second-order valence-corrected chi connectivity index (χ2v) is 4.47. The van der Waals surface area contributed by atoms with Crippen LogP contribution in [0, 0.1) is 18.3 Å². The Kier molecular flexibility index (Phi) is 6.80. The first kappa shape index (κ1) is 15.4. The maximum absolute atomic E-state index is 12.1. The number of nitrogens with zero attached hydrogens (tertiary/aromatic N) is 2. The number of Topliss-reactive ketones (excluding diaryl/α,β-unsaturated/α-hetero) is 1. The largest absolute Gasteiger partial charge is 0.383 e. The topological polar surface area (TPSA) is 53.3 Å². The molecule has 1 aromatic carbocycles. The second-order valence-electron chi connectivity index (χ2n) is 4.47. The zero-order valence-electron chi connectivity index (χ0n) is 11.6. The molecular weight excluding hydrogens is 240 g/mol. The normalized spacial score (nSPS) is 10.4. The van der Waals surface area contributed by atoms with Crippen LogP contribution in [-0.2, 0) is 4.74 Å². The van der Waals surface area contributed by atoms with Gasteiger partial charge >= 0.3 is 0 Å². The van der Waals surface area contributed by atoms with E-state index in [1.165, 1.54) is 0 Å². The number of benzene rings is 1. The summed E-state index contributed by atoms with van der Waals surface area (Å²) in [5.74, 6) is 0.0778. The van der Waals surface area contributed by atoms with E-state index in [1.807, 2.05) is 36.1 Å². The van der Waals surface area contributed by atoms with Crippen molar-refractivity contribution in [2.75, 3.05) is 33.4 Å². The number of nitriles is 1. The average Bonchev–Trinajstić information content (AvgIpc) is 2.42. The maximum Gasteiger partial charge on any atom is 0.176 e. The summed E-state index contributed by atoms with van der Waals surface area (Å²) in [6, 6.07) is 9.65. The van der Waals surface area contributed by atoms with Crippen LogP contribution < -0.4 is 0 Å². The van der Waals surface area contributed by atoms with Crippen LogP contribution in [0.3, 0.4) is 0 Å². The van der Waals surface area contributed by atoms with E-state index in [0.29, 0.717) is 38.2 Å². The fraction of sp³-hybridized carbons (Fsp3) is 0.467. The molecule has 102 valence electrons. The lowest BCUT2D eigenvalue weighted by molar-refractivity contribution is 0.0898. The van der Waals surface area contributed by atoms with Crippen molar-refractivity contribution in [1.82, 2.24) is 4.90 Å². The molecule has 0 spiro atoms. The summed E-state index contributed by atoms with van der Waals surface area (Å²) in [6.07, 6.45) is 0.422. The van der Waals surface area contributed by atoms with Gasteiger partial charge in [-0.25, -0.2) is 0 Å². The third-order valence-electron chi connectivity index (χ3n) is 2.89. The van der Waals surface area contributed by atoms with Crippen molar-refractivity contribution in [1.29, 1.82) is 5.26 Å². The number of aryl methyl sites for hydroxylation is 1. The highest BCUT2D eigenvalue weighted by molar-refractivity contribution is 5.97. The van der Waals surface area contributed by atoms with E-state index in [2.05, 4.69) is 6.07 Å². The number of hydrogen-bond donors (Lipinski definition) is 0. The Morgan fingerprint density at radius 1 is 1.32 bits per heavy atom. The van der Waals surface area contributed by atoms with Gasteiger partial charge in [0.2, 0.25) is 0 Å². The van der Waals surface area contributed by atoms with Crippen molar-refractivity contribution in [3.8, 4) is 6.07 Å². The van der Waals surface area contributed by atoms with Crippen LogP contribution in [-0.4, -0.2) is 44.0 Å². The number of carbonyl (C=O) groups is 1. The Balaban J connectivity index is 2.59. The predicted octanol–water partition coefficient (Wildman–Crippen LogP) is 2.04. The molecule has 0 amide bonds. The summed E-state index contributed by atoms with van der Waals surface area (Å²) >= 11 is 0. The first-order valence-corrected chi connectivity index (χ1v) is 6.35. The number of ether oxygens (including phenoxy) is 1. The third kappa shape index (κ3) is 5.64. The maximum atomic E-state index is 12.1. The Bertz CT molecular complexity index is 434. The Hall–Kier alpha value is -1.70. The van der Waals surface area contributed by atoms with Gasteiger partial charge in [0.15, 0.2) is 5.78 Å². The summed E-state index contributed by atoms with van der Waals surface area (Å²) in [6.45, 7) is 4.14. The smallest absolute Gasteiger partial charge is 0.176 e. The molecule has 0 heterocycles. The van der Waals surface area contributed by atoms with E-state index in [9.17, 15) is 4.79 Å². The van der Waals surface area contributed by atoms with Gasteiger partial charge in [0.25, 0.3) is 0 Å². The fourth-order valence-corrected chi connectivity index (χ4v) is 1.73. The van der Waals surface area contributed by atoms with E-state index < -0.39 is 0 Å². The van der Waals surface area contributed by atoms with Gasteiger partial charge in [0.05, 0.1) is 19.2 Å². The van der Waals surface area contributed by atoms with Crippen molar-refractivity contribution in [2.24, 2.45) is 0 Å². The molecular formula is C15H20N2O2. The third-order valence-corrected chi connectivity index (χ3v) is 2.89. The molecule has 1 rings (SSSR count). The summed E-state index contributed by atoms with van der Waals surface area (Å²) in [5.41, 5.74) is 1.85. The van der Waals surface area contributed by atoms with Crippen molar-refractivity contribution < 1.29 is 9.53 Å². The SMILES string of the molecule is COCCN(CCC#N)CC(=O)c1ccc(C)cc1. The molecule has 0 N–H and O–H groups in total. The monoisotopic (exact) mass is 260 g/mol. The predicted molar refractivity (Wildman–Crippen MR) is 74.1 cm³/mol. The van der Waals surface area contributed by atoms with E-state index >= 15 is 0 Å². The minimum Gasteiger partial charge on any atom is -0.383 e. The van der Waals surface area contributed by atoms with Gasteiger partial charge in [0.1, 0.15) is 0 Å². The molecule has 0 atom stereocenters. The van der Waals surface area contributed by atoms with Crippen LogP contribution in [0.5, 0.6) is 0 Å². The van der Waals surface area contributed by atoms with E-state index in [4.69, 9.17) is 10.00 Å². The highest BCUT2D eigenvalue weighted by atomic mass is 16.5. The summed E-state index contributed by atoms with van der Waals surface area (Å²) in [4.78, 5) is 14.1. The minimum absolute atomic E-state index is 0.0778. The number of rotatable bonds is 8. The summed E-state index contributed by atoms with van der Waals surface area (Å²) in [7, 11) is 1.63. The number of ketones is 1. The zero-order chi connectivity index (χ0) is 14.1. The molecule has 0 fully saturated rings. The fourth-order valence-electron chi connectivity index (χ4n) is 1.73. The molecule has 0 saturated heterocycles. The van der Waals surface area contributed by atoms with Gasteiger partial charge in [-0.1, -0.05) is 29.8 Å². The van der Waals surface area contributed by atoms with Crippen LogP contribution in [0.1, 0.15) is 22.3 Å². The first-order valence-electron chi connectivity index (χ1n) is 6.35. The first-order chi connectivity index (χ1) is 9.17. The molecule has 0 radical (unpaired) electrons. The van der Waals surface area contributed by atoms with E-state index in [0.717, 1.165) is 5.56 Å². The molecule has 4 heteroatoms. The van der Waals surface area contributed by atoms with E-state index in [-0.39, 0.29) is 5.78 Å². The summed E-state index contributed by atoms with van der Waals surface area (Å²) < 4.78 is 5.02. The average molecular weight is 260 g/mol. The number of methoxy groups -OCH3 is 1. The highest BCUT2D eigenvalue weighted by Gasteiger charge is 2.12. The Morgan fingerprint density at radius 2 is 2.00 bits per heavy atom. The molecule has 19 heavy (non-hydrogen) atoms. The van der Waals surface area contributed by atoms with Crippen molar-refractivity contribution in [3.05, 3.63) is 35.4 Å². The van der Waals surface area contributed by atoms with Crippen LogP contribution in [0.15, 0.2) is 24.3 Å². The Labute approximate surface area is 114 Å². The lowest BCUT2D eigenvalue weighted by Gasteiger charge is -2.19. The lowest BCUT2D eigenvalue weighted by atomic mass is 10.1. The van der Waals surface area contributed by atoms with Gasteiger partial charge in [-0.15, -0.1) is 0 Å². The zero-order valence-corrected chi connectivity index (χ0v) is 11.6. The highest BCUT2D eigenvalue weighted by Crippen LogP contribution is 2.05. The van der Waals surface area contributed by atoms with Crippen molar-refractivity contribution in [2.45, 2.75) is 13.3 Å². The van der Waals surface area contributed by atoms with Crippen LogP contribution in [0.4, 0.5) is 0 Å². The van der Waals surface area contributed by atoms with Crippen molar-refractivity contribution >= 4 is 5.78 Å². The molecule has 1 aromatic rings. The quantitative estimate of drug-likeness (QED) is 0.671. The molecule has 0 aliphatic rings. The van der Waals surface area contributed by atoms with Crippen LogP contribution >= 0.6 is 0 Å². The van der Waals surface area contributed by atoms with Gasteiger partial charge in [0, 0.05) is 32.2 Å². The molecule has 0 saturated carbocycles. The lowest BCUT2D eigenvalue weighted by Crippen LogP contribution is -2.33.